The molecular formula is C23H28N2O3. The molecule has 2 aromatic carbocycles. The van der Waals surface area contributed by atoms with Gasteiger partial charge in [-0.25, -0.2) is 4.79 Å². The van der Waals surface area contributed by atoms with Gasteiger partial charge in [-0.05, 0) is 38.3 Å². The van der Waals surface area contributed by atoms with Crippen molar-refractivity contribution >= 4 is 11.8 Å². The van der Waals surface area contributed by atoms with Gasteiger partial charge in [0.2, 0.25) is 0 Å². The second-order valence-electron chi connectivity index (χ2n) is 8.11. The number of hydrogen-bond donors (Lipinski definition) is 1. The second-order valence-corrected chi connectivity index (χ2v) is 8.11. The molecule has 5 nitrogen and oxygen atoms in total. The maximum absolute atomic E-state index is 12.4. The van der Waals surface area contributed by atoms with Crippen LogP contribution in [0, 0.1) is 0 Å². The summed E-state index contributed by atoms with van der Waals surface area (Å²) >= 11 is 0. The van der Waals surface area contributed by atoms with Gasteiger partial charge in [-0.3, -0.25) is 0 Å². The lowest BCUT2D eigenvalue weighted by molar-refractivity contribution is 0.0295. The Morgan fingerprint density at radius 1 is 1.11 bits per heavy atom. The smallest absolute Gasteiger partial charge is 0.408 e. The van der Waals surface area contributed by atoms with Crippen LogP contribution in [0.3, 0.4) is 0 Å². The van der Waals surface area contributed by atoms with Gasteiger partial charge in [0.25, 0.3) is 0 Å². The van der Waals surface area contributed by atoms with E-state index in [2.05, 4.69) is 22.6 Å². The molecule has 1 heterocycles. The molecule has 0 saturated heterocycles. The standard InChI is InChI=1S/C23H28N2O3/c1-23(2,3)27-22(26)24-20(15-18-12-8-5-9-13-18)21-16-19(25-28-21)14-17-10-6-4-7-11-17/h4-13,20-21H,14-16H2,1-3H3,(H,24,26)/t20-,21+/m0/s1. The number of carbonyl (C=O) groups excluding carboxylic acids is 1. The summed E-state index contributed by atoms with van der Waals surface area (Å²) in [5.41, 5.74) is 2.77. The van der Waals surface area contributed by atoms with Crippen molar-refractivity contribution in [1.82, 2.24) is 5.32 Å². The Balaban J connectivity index is 1.66. The fourth-order valence-electron chi connectivity index (χ4n) is 3.20. The van der Waals surface area contributed by atoms with Crippen LogP contribution < -0.4 is 5.32 Å². The van der Waals surface area contributed by atoms with Crippen LogP contribution in [0.4, 0.5) is 4.79 Å². The monoisotopic (exact) mass is 380 g/mol. The number of hydrogen-bond acceptors (Lipinski definition) is 4. The Morgan fingerprint density at radius 2 is 1.71 bits per heavy atom. The molecule has 0 unspecified atom stereocenters. The number of alkyl carbamates (subject to hydrolysis) is 1. The number of oxime groups is 1. The van der Waals surface area contributed by atoms with Crippen molar-refractivity contribution in [3.8, 4) is 0 Å². The molecule has 1 N–H and O–H groups in total. The third kappa shape index (κ3) is 6.12. The zero-order chi connectivity index (χ0) is 20.0. The summed E-state index contributed by atoms with van der Waals surface area (Å²) in [6.45, 7) is 5.56. The Hall–Kier alpha value is -2.82. The number of ether oxygens (including phenoxy) is 1. The molecule has 28 heavy (non-hydrogen) atoms. The zero-order valence-corrected chi connectivity index (χ0v) is 16.7. The Bertz CT molecular complexity index is 798. The number of amides is 1. The van der Waals surface area contributed by atoms with E-state index in [0.29, 0.717) is 12.8 Å². The predicted molar refractivity (Wildman–Crippen MR) is 110 cm³/mol. The molecule has 1 aliphatic heterocycles. The summed E-state index contributed by atoms with van der Waals surface area (Å²) in [5, 5.41) is 7.27. The number of carbonyl (C=O) groups is 1. The maximum Gasteiger partial charge on any atom is 0.408 e. The second kappa shape index (κ2) is 8.91. The molecule has 2 atom stereocenters. The molecule has 1 amide bonds. The van der Waals surface area contributed by atoms with E-state index in [9.17, 15) is 4.79 Å². The fourth-order valence-corrected chi connectivity index (χ4v) is 3.20. The van der Waals surface area contributed by atoms with Crippen molar-refractivity contribution in [3.05, 3.63) is 71.8 Å². The van der Waals surface area contributed by atoms with Gasteiger partial charge < -0.3 is 14.9 Å². The number of rotatable bonds is 6. The van der Waals surface area contributed by atoms with Crippen molar-refractivity contribution in [2.45, 2.75) is 57.8 Å². The van der Waals surface area contributed by atoms with Crippen molar-refractivity contribution in [3.63, 3.8) is 0 Å². The van der Waals surface area contributed by atoms with E-state index >= 15 is 0 Å². The van der Waals surface area contributed by atoms with Crippen LogP contribution in [0.1, 0.15) is 38.3 Å². The molecule has 0 fully saturated rings. The molecule has 0 saturated carbocycles. The summed E-state index contributed by atoms with van der Waals surface area (Å²) < 4.78 is 5.44. The van der Waals surface area contributed by atoms with Gasteiger partial charge in [-0.15, -0.1) is 0 Å². The first-order chi connectivity index (χ1) is 13.4. The number of benzene rings is 2. The first kappa shape index (κ1) is 19.9. The van der Waals surface area contributed by atoms with E-state index in [-0.39, 0.29) is 12.1 Å². The van der Waals surface area contributed by atoms with Gasteiger partial charge in [0, 0.05) is 12.8 Å². The minimum atomic E-state index is -0.549. The highest BCUT2D eigenvalue weighted by Crippen LogP contribution is 2.20. The van der Waals surface area contributed by atoms with E-state index in [1.165, 1.54) is 5.56 Å². The first-order valence-electron chi connectivity index (χ1n) is 9.68. The van der Waals surface area contributed by atoms with Crippen LogP contribution >= 0.6 is 0 Å². The van der Waals surface area contributed by atoms with E-state index in [4.69, 9.17) is 9.57 Å². The summed E-state index contributed by atoms with van der Waals surface area (Å²) in [6.07, 6.45) is 1.43. The summed E-state index contributed by atoms with van der Waals surface area (Å²) in [7, 11) is 0. The maximum atomic E-state index is 12.4. The molecule has 3 rings (SSSR count). The normalized spacial score (nSPS) is 17.4. The third-order valence-electron chi connectivity index (χ3n) is 4.45. The molecule has 0 spiro atoms. The highest BCUT2D eigenvalue weighted by Gasteiger charge is 2.32. The summed E-state index contributed by atoms with van der Waals surface area (Å²) in [5.74, 6) is 0. The van der Waals surface area contributed by atoms with E-state index in [1.807, 2.05) is 69.3 Å². The van der Waals surface area contributed by atoms with Crippen LogP contribution in [0.5, 0.6) is 0 Å². The van der Waals surface area contributed by atoms with Gasteiger partial charge in [-0.2, -0.15) is 0 Å². The van der Waals surface area contributed by atoms with Gasteiger partial charge >= 0.3 is 6.09 Å². The minimum absolute atomic E-state index is 0.216. The highest BCUT2D eigenvalue weighted by atomic mass is 16.6. The largest absolute Gasteiger partial charge is 0.444 e. The van der Waals surface area contributed by atoms with E-state index < -0.39 is 11.7 Å². The molecule has 0 aromatic heterocycles. The van der Waals surface area contributed by atoms with Gasteiger partial charge in [0.1, 0.15) is 5.60 Å². The molecule has 0 bridgehead atoms. The van der Waals surface area contributed by atoms with Crippen LogP contribution in [-0.4, -0.2) is 29.6 Å². The Kier molecular flexibility index (Phi) is 6.34. The zero-order valence-electron chi connectivity index (χ0n) is 16.7. The van der Waals surface area contributed by atoms with Crippen molar-refractivity contribution in [2.75, 3.05) is 0 Å². The SMILES string of the molecule is CC(C)(C)OC(=O)N[C@@H](Cc1ccccc1)[C@H]1CC(Cc2ccccc2)=NO1. The minimum Gasteiger partial charge on any atom is -0.444 e. The third-order valence-corrected chi connectivity index (χ3v) is 4.45. The van der Waals surface area contributed by atoms with Crippen molar-refractivity contribution < 1.29 is 14.4 Å². The molecule has 148 valence electrons. The number of nitrogens with one attached hydrogen (secondary N) is 1. The molecule has 5 heteroatoms. The fraction of sp³-hybridized carbons (Fsp3) is 0.391. The van der Waals surface area contributed by atoms with Crippen LogP contribution in [0.25, 0.3) is 0 Å². The Labute approximate surface area is 166 Å². The summed E-state index contributed by atoms with van der Waals surface area (Å²) in [6, 6.07) is 20.0. The molecule has 0 aliphatic carbocycles. The Morgan fingerprint density at radius 3 is 2.32 bits per heavy atom. The average molecular weight is 380 g/mol. The molecule has 0 radical (unpaired) electrons. The van der Waals surface area contributed by atoms with E-state index in [1.54, 1.807) is 0 Å². The van der Waals surface area contributed by atoms with Crippen molar-refractivity contribution in [2.24, 2.45) is 5.16 Å². The predicted octanol–water partition coefficient (Wildman–Crippen LogP) is 4.51. The van der Waals surface area contributed by atoms with Gasteiger partial charge in [-0.1, -0.05) is 65.8 Å². The lowest BCUT2D eigenvalue weighted by Crippen LogP contribution is -2.46. The molecule has 2 aromatic rings. The lowest BCUT2D eigenvalue weighted by atomic mass is 9.96. The lowest BCUT2D eigenvalue weighted by Gasteiger charge is -2.26. The quantitative estimate of drug-likeness (QED) is 0.802. The van der Waals surface area contributed by atoms with E-state index in [0.717, 1.165) is 17.7 Å². The van der Waals surface area contributed by atoms with Crippen LogP contribution in [0.2, 0.25) is 0 Å². The first-order valence-corrected chi connectivity index (χ1v) is 9.68. The summed E-state index contributed by atoms with van der Waals surface area (Å²) in [4.78, 5) is 18.1. The van der Waals surface area contributed by atoms with Crippen LogP contribution in [0.15, 0.2) is 65.8 Å². The number of nitrogens with zero attached hydrogens (tertiary/aromatic N) is 1. The topological polar surface area (TPSA) is 59.9 Å². The highest BCUT2D eigenvalue weighted by molar-refractivity contribution is 5.87. The van der Waals surface area contributed by atoms with Gasteiger partial charge in [0.05, 0.1) is 11.8 Å². The van der Waals surface area contributed by atoms with Gasteiger partial charge in [0.15, 0.2) is 6.10 Å². The molecule has 1 aliphatic rings. The molecular weight excluding hydrogens is 352 g/mol. The van der Waals surface area contributed by atoms with Crippen molar-refractivity contribution in [1.29, 1.82) is 0 Å². The average Bonchev–Trinajstić information content (AvgIpc) is 3.10. The van der Waals surface area contributed by atoms with Crippen LogP contribution in [-0.2, 0) is 22.4 Å².